The van der Waals surface area contributed by atoms with Gasteiger partial charge in [-0.2, -0.15) is 0 Å². The normalized spacial score (nSPS) is 11.4. The summed E-state index contributed by atoms with van der Waals surface area (Å²) in [4.78, 5) is 11.1. The highest BCUT2D eigenvalue weighted by atomic mass is 15.3. The minimum Gasteiger partial charge on any atom is -0.355 e. The largest absolute Gasteiger partial charge is 0.355 e. The van der Waals surface area contributed by atoms with E-state index >= 15 is 0 Å². The number of hydrogen-bond donors (Lipinski definition) is 4. The van der Waals surface area contributed by atoms with E-state index in [0.717, 1.165) is 18.7 Å². The van der Waals surface area contributed by atoms with Crippen LogP contribution in [0.5, 0.6) is 0 Å². The molecule has 0 aliphatic rings. The first-order chi connectivity index (χ1) is 6.86. The van der Waals surface area contributed by atoms with Gasteiger partial charge in [0, 0.05) is 12.7 Å². The van der Waals surface area contributed by atoms with Crippen molar-refractivity contribution >= 4 is 5.96 Å². The second-order valence-corrected chi connectivity index (χ2v) is 2.81. The fourth-order valence-corrected chi connectivity index (χ4v) is 0.931. The van der Waals surface area contributed by atoms with E-state index in [9.17, 15) is 0 Å². The Kier molecular flexibility index (Phi) is 4.49. The Balaban J connectivity index is 2.39. The van der Waals surface area contributed by atoms with Crippen LogP contribution in [0.25, 0.3) is 0 Å². The van der Waals surface area contributed by atoms with E-state index in [1.165, 1.54) is 0 Å². The molecule has 0 aliphatic carbocycles. The van der Waals surface area contributed by atoms with Crippen LogP contribution in [0.4, 0.5) is 0 Å². The Bertz CT molecular complexity index is 265. The van der Waals surface area contributed by atoms with Crippen molar-refractivity contribution in [1.29, 1.82) is 0 Å². The van der Waals surface area contributed by atoms with Crippen molar-refractivity contribution in [2.75, 3.05) is 6.54 Å². The van der Waals surface area contributed by atoms with Crippen LogP contribution in [0.15, 0.2) is 17.5 Å². The lowest BCUT2D eigenvalue weighted by atomic mass is 10.5. The molecule has 0 radical (unpaired) electrons. The van der Waals surface area contributed by atoms with Crippen molar-refractivity contribution in [2.24, 2.45) is 10.8 Å². The molecular formula is C8H16N6. The molecule has 0 saturated heterocycles. The summed E-state index contributed by atoms with van der Waals surface area (Å²) in [5.41, 5.74) is 3.46. The summed E-state index contributed by atoms with van der Waals surface area (Å²) in [6.07, 6.45) is 4.39. The van der Waals surface area contributed by atoms with E-state index in [1.807, 2.05) is 0 Å². The highest BCUT2D eigenvalue weighted by molar-refractivity contribution is 5.79. The second-order valence-electron chi connectivity index (χ2n) is 2.81. The molecule has 0 unspecified atom stereocenters. The highest BCUT2D eigenvalue weighted by Crippen LogP contribution is 1.92. The zero-order valence-corrected chi connectivity index (χ0v) is 8.25. The van der Waals surface area contributed by atoms with Gasteiger partial charge in [-0.25, -0.2) is 15.8 Å². The predicted octanol–water partition coefficient (Wildman–Crippen LogP) is -0.271. The summed E-state index contributed by atoms with van der Waals surface area (Å²) < 4.78 is 0. The van der Waals surface area contributed by atoms with E-state index in [-0.39, 0.29) is 0 Å². The van der Waals surface area contributed by atoms with Gasteiger partial charge in [-0.05, 0) is 6.42 Å². The average Bonchev–Trinajstić information content (AvgIpc) is 2.71. The number of H-pyrrole nitrogens is 1. The Morgan fingerprint density at radius 3 is 3.14 bits per heavy atom. The topological polar surface area (TPSA) is 91.1 Å². The van der Waals surface area contributed by atoms with Crippen LogP contribution in [0, 0.1) is 0 Å². The molecule has 6 nitrogen and oxygen atoms in total. The third-order valence-electron chi connectivity index (χ3n) is 1.64. The van der Waals surface area contributed by atoms with Gasteiger partial charge in [-0.3, -0.25) is 5.43 Å². The maximum atomic E-state index is 5.28. The Labute approximate surface area is 83.0 Å². The van der Waals surface area contributed by atoms with Crippen LogP contribution in [0.3, 0.4) is 0 Å². The average molecular weight is 196 g/mol. The number of nitrogens with one attached hydrogen (secondary N) is 3. The third kappa shape index (κ3) is 3.44. The van der Waals surface area contributed by atoms with E-state index in [0.29, 0.717) is 12.5 Å². The fraction of sp³-hybridized carbons (Fsp3) is 0.500. The molecule has 0 atom stereocenters. The van der Waals surface area contributed by atoms with Crippen molar-refractivity contribution in [3.05, 3.63) is 18.2 Å². The van der Waals surface area contributed by atoms with Crippen molar-refractivity contribution in [3.8, 4) is 0 Å². The van der Waals surface area contributed by atoms with E-state index < -0.39 is 0 Å². The first-order valence-corrected chi connectivity index (χ1v) is 4.59. The van der Waals surface area contributed by atoms with Crippen LogP contribution in [-0.4, -0.2) is 22.5 Å². The van der Waals surface area contributed by atoms with Crippen molar-refractivity contribution in [1.82, 2.24) is 20.7 Å². The number of nitrogens with zero attached hydrogens (tertiary/aromatic N) is 2. The summed E-state index contributed by atoms with van der Waals surface area (Å²) in [7, 11) is 0. The molecular weight excluding hydrogens is 180 g/mol. The lowest BCUT2D eigenvalue weighted by molar-refractivity contribution is 0.788. The quantitative estimate of drug-likeness (QED) is 0.231. The van der Waals surface area contributed by atoms with Gasteiger partial charge in [0.1, 0.15) is 0 Å². The van der Waals surface area contributed by atoms with E-state index in [2.05, 4.69) is 32.6 Å². The van der Waals surface area contributed by atoms with Gasteiger partial charge in [-0.1, -0.05) is 6.92 Å². The van der Waals surface area contributed by atoms with Crippen LogP contribution in [-0.2, 0) is 6.54 Å². The van der Waals surface area contributed by atoms with Gasteiger partial charge in [0.25, 0.3) is 0 Å². The number of guanidine groups is 1. The molecule has 0 spiro atoms. The summed E-state index contributed by atoms with van der Waals surface area (Å²) in [6, 6.07) is 0. The number of hydrogen-bond acceptors (Lipinski definition) is 3. The van der Waals surface area contributed by atoms with Crippen LogP contribution in [0.1, 0.15) is 19.0 Å². The third-order valence-corrected chi connectivity index (χ3v) is 1.64. The second kappa shape index (κ2) is 5.98. The zero-order chi connectivity index (χ0) is 10.2. The van der Waals surface area contributed by atoms with Crippen LogP contribution < -0.4 is 16.6 Å². The summed E-state index contributed by atoms with van der Waals surface area (Å²) in [6.45, 7) is 3.47. The zero-order valence-electron chi connectivity index (χ0n) is 8.25. The van der Waals surface area contributed by atoms with Crippen LogP contribution >= 0.6 is 0 Å². The Hall–Kier alpha value is -1.56. The molecule has 0 bridgehead atoms. The molecule has 0 aliphatic heterocycles. The van der Waals surface area contributed by atoms with Gasteiger partial charge in [0.2, 0.25) is 5.96 Å². The number of rotatable bonds is 4. The van der Waals surface area contributed by atoms with E-state index in [4.69, 9.17) is 5.84 Å². The molecule has 1 aromatic rings. The van der Waals surface area contributed by atoms with Crippen molar-refractivity contribution in [3.63, 3.8) is 0 Å². The monoisotopic (exact) mass is 196 g/mol. The van der Waals surface area contributed by atoms with Gasteiger partial charge >= 0.3 is 0 Å². The number of aromatic nitrogens is 2. The van der Waals surface area contributed by atoms with Crippen molar-refractivity contribution in [2.45, 2.75) is 19.9 Å². The molecule has 0 amide bonds. The minimum atomic E-state index is 0.538. The number of imidazole rings is 1. The molecule has 1 aromatic heterocycles. The number of hydrazine groups is 1. The summed E-state index contributed by atoms with van der Waals surface area (Å²) in [5, 5.41) is 3.06. The molecule has 78 valence electrons. The molecule has 0 saturated carbocycles. The molecule has 1 heterocycles. The summed E-state index contributed by atoms with van der Waals surface area (Å²) >= 11 is 0. The standard InChI is InChI=1S/C8H16N6/c1-2-3-11-8(14-9)12-5-7-4-10-6-13-7/h4,6H,2-3,5,9H2,1H3,(H,10,13)(H2,11,12,14). The minimum absolute atomic E-state index is 0.538. The Morgan fingerprint density at radius 2 is 2.57 bits per heavy atom. The molecule has 0 aromatic carbocycles. The van der Waals surface area contributed by atoms with Gasteiger partial charge in [0.05, 0.1) is 18.6 Å². The van der Waals surface area contributed by atoms with Gasteiger partial charge in [-0.15, -0.1) is 0 Å². The molecule has 6 heteroatoms. The Morgan fingerprint density at radius 1 is 1.71 bits per heavy atom. The number of aromatic amines is 1. The lowest BCUT2D eigenvalue weighted by Gasteiger charge is -2.06. The maximum absolute atomic E-state index is 5.28. The fourth-order valence-electron chi connectivity index (χ4n) is 0.931. The van der Waals surface area contributed by atoms with Gasteiger partial charge in [0.15, 0.2) is 0 Å². The maximum Gasteiger partial charge on any atom is 0.206 e. The van der Waals surface area contributed by atoms with Crippen molar-refractivity contribution < 1.29 is 0 Å². The smallest absolute Gasteiger partial charge is 0.206 e. The predicted molar refractivity (Wildman–Crippen MR) is 55.3 cm³/mol. The van der Waals surface area contributed by atoms with E-state index in [1.54, 1.807) is 12.5 Å². The molecule has 5 N–H and O–H groups in total. The van der Waals surface area contributed by atoms with Gasteiger partial charge < -0.3 is 10.3 Å². The van der Waals surface area contributed by atoms with Crippen LogP contribution in [0.2, 0.25) is 0 Å². The summed E-state index contributed by atoms with van der Waals surface area (Å²) in [5.74, 6) is 5.88. The first kappa shape index (κ1) is 10.5. The lowest BCUT2D eigenvalue weighted by Crippen LogP contribution is -2.41. The number of aliphatic imine (C=N–C) groups is 1. The number of nitrogens with two attached hydrogens (primary N) is 1. The first-order valence-electron chi connectivity index (χ1n) is 4.59. The SMILES string of the molecule is CCCNC(=NCc1cnc[nH]1)NN. The molecule has 0 fully saturated rings. The molecule has 14 heavy (non-hydrogen) atoms. The highest BCUT2D eigenvalue weighted by Gasteiger charge is 1.95. The molecule has 1 rings (SSSR count).